The van der Waals surface area contributed by atoms with E-state index in [0.717, 1.165) is 15.4 Å². The first-order chi connectivity index (χ1) is 7.29. The Morgan fingerprint density at radius 3 is 2.41 bits per heavy atom. The number of hydrogen-bond donors (Lipinski definition) is 4. The number of benzene rings is 1. The number of aromatic amines is 1. The Labute approximate surface area is 153 Å². The minimum atomic E-state index is -4.64. The van der Waals surface area contributed by atoms with Crippen LogP contribution >= 0.6 is 35.4 Å². The summed E-state index contributed by atoms with van der Waals surface area (Å²) < 4.78 is 9.79. The number of halogens is 2. The average Bonchev–Trinajstić information content (AvgIpc) is 2.57. The standard InChI is InChI=1S/C8H4BrClN.K.H3O4P/c9-6-1-2-7-5(8(6)10)3-4-11-7;;1-5(2,3)4/h1-2,4,11H;;(H3,1,2,3,4)/q-1;+1;. The fraction of sp³-hybridized carbons (Fsp3) is 0. The Bertz CT molecular complexity index is 535. The molecule has 0 saturated heterocycles. The van der Waals surface area contributed by atoms with Gasteiger partial charge in [-0.1, -0.05) is 39.8 Å². The topological polar surface area (TPSA) is 93.6 Å². The zero-order valence-corrected chi connectivity index (χ0v) is 15.0. The smallest absolute Gasteiger partial charge is 0.424 e. The van der Waals surface area contributed by atoms with Crippen molar-refractivity contribution in [2.75, 3.05) is 0 Å². The Morgan fingerprint density at radius 2 is 1.88 bits per heavy atom. The molecule has 1 heterocycles. The van der Waals surface area contributed by atoms with Crippen molar-refractivity contribution in [1.29, 1.82) is 0 Å². The molecule has 0 amide bonds. The zero-order chi connectivity index (χ0) is 12.3. The van der Waals surface area contributed by atoms with Crippen molar-refractivity contribution in [2.24, 2.45) is 0 Å². The Morgan fingerprint density at radius 1 is 1.35 bits per heavy atom. The van der Waals surface area contributed by atoms with Crippen LogP contribution in [0, 0.1) is 6.07 Å². The SMILES string of the molecule is Clc1c(Br)ccc2[nH]c[c-]c12.O=P(O)(O)O.[K+]. The molecule has 9 heteroatoms. The molecule has 4 N–H and O–H groups in total. The monoisotopic (exact) mass is 365 g/mol. The number of hydrogen-bond acceptors (Lipinski definition) is 1. The van der Waals surface area contributed by atoms with Gasteiger partial charge < -0.3 is 19.7 Å². The summed E-state index contributed by atoms with van der Waals surface area (Å²) in [4.78, 5) is 24.6. The van der Waals surface area contributed by atoms with Gasteiger partial charge in [-0.05, 0) is 9.50 Å². The fourth-order valence-corrected chi connectivity index (χ4v) is 1.55. The summed E-state index contributed by atoms with van der Waals surface area (Å²) in [5, 5.41) is 1.64. The van der Waals surface area contributed by atoms with E-state index in [1.807, 2.05) is 12.1 Å². The number of phosphoric acid groups is 1. The third-order valence-corrected chi connectivity index (χ3v) is 2.82. The van der Waals surface area contributed by atoms with Gasteiger partial charge in [-0.15, -0.1) is 5.39 Å². The summed E-state index contributed by atoms with van der Waals surface area (Å²) in [6.45, 7) is 0. The number of fused-ring (bicyclic) bond motifs is 1. The summed E-state index contributed by atoms with van der Waals surface area (Å²) in [7, 11) is -4.64. The first kappa shape index (κ1) is 18.3. The quantitative estimate of drug-likeness (QED) is 0.286. The van der Waals surface area contributed by atoms with Crippen LogP contribution in [0.25, 0.3) is 10.9 Å². The maximum absolute atomic E-state index is 8.88. The van der Waals surface area contributed by atoms with Crippen LogP contribution in [-0.4, -0.2) is 19.7 Å². The van der Waals surface area contributed by atoms with E-state index in [0.29, 0.717) is 5.02 Å². The van der Waals surface area contributed by atoms with E-state index >= 15 is 0 Å². The van der Waals surface area contributed by atoms with Gasteiger partial charge in [-0.25, -0.2) is 4.57 Å². The van der Waals surface area contributed by atoms with Gasteiger partial charge in [-0.3, -0.25) is 0 Å². The minimum Gasteiger partial charge on any atom is -0.424 e. The minimum absolute atomic E-state index is 0. The molecular formula is C8H7BrClKNO4P. The number of H-pyrrole nitrogens is 1. The van der Waals surface area contributed by atoms with Gasteiger partial charge in [-0.2, -0.15) is 17.7 Å². The van der Waals surface area contributed by atoms with Crippen LogP contribution in [0.5, 0.6) is 0 Å². The van der Waals surface area contributed by atoms with Crippen molar-refractivity contribution in [3.63, 3.8) is 0 Å². The molecule has 0 saturated carbocycles. The van der Waals surface area contributed by atoms with Crippen molar-refractivity contribution >= 4 is 46.3 Å². The molecule has 17 heavy (non-hydrogen) atoms. The van der Waals surface area contributed by atoms with Crippen LogP contribution in [0.3, 0.4) is 0 Å². The second-order valence-corrected chi connectivity index (χ2v) is 4.99. The molecule has 0 aliphatic carbocycles. The molecule has 2 rings (SSSR count). The van der Waals surface area contributed by atoms with Crippen LogP contribution in [0.4, 0.5) is 0 Å². The third-order valence-electron chi connectivity index (χ3n) is 1.54. The van der Waals surface area contributed by atoms with Gasteiger partial charge in [0.2, 0.25) is 0 Å². The average molecular weight is 367 g/mol. The second kappa shape index (κ2) is 7.77. The van der Waals surface area contributed by atoms with Crippen molar-refractivity contribution in [2.45, 2.75) is 0 Å². The molecule has 5 nitrogen and oxygen atoms in total. The fourth-order valence-electron chi connectivity index (χ4n) is 0.998. The molecule has 1 aromatic carbocycles. The third kappa shape index (κ3) is 6.84. The van der Waals surface area contributed by atoms with E-state index in [1.165, 1.54) is 0 Å². The van der Waals surface area contributed by atoms with Gasteiger partial charge >= 0.3 is 59.2 Å². The van der Waals surface area contributed by atoms with E-state index in [4.69, 9.17) is 30.8 Å². The normalized spacial score (nSPS) is 10.4. The van der Waals surface area contributed by atoms with Crippen LogP contribution in [0.2, 0.25) is 5.02 Å². The maximum atomic E-state index is 8.88. The van der Waals surface area contributed by atoms with E-state index in [-0.39, 0.29) is 51.4 Å². The largest absolute Gasteiger partial charge is 1.00 e. The molecule has 0 aliphatic rings. The molecule has 0 spiro atoms. The maximum Gasteiger partial charge on any atom is 1.00 e. The van der Waals surface area contributed by atoms with Crippen LogP contribution in [0.1, 0.15) is 0 Å². The first-order valence-electron chi connectivity index (χ1n) is 3.90. The summed E-state index contributed by atoms with van der Waals surface area (Å²) >= 11 is 9.30. The van der Waals surface area contributed by atoms with Gasteiger partial charge in [0.05, 0.1) is 0 Å². The van der Waals surface area contributed by atoms with Crippen molar-refractivity contribution in [3.8, 4) is 0 Å². The molecule has 0 aliphatic heterocycles. The van der Waals surface area contributed by atoms with Gasteiger partial charge in [0.15, 0.2) is 0 Å². The molecule has 0 atom stereocenters. The predicted octanol–water partition coefficient (Wildman–Crippen LogP) is -0.541. The molecule has 0 radical (unpaired) electrons. The van der Waals surface area contributed by atoms with Crippen LogP contribution < -0.4 is 51.4 Å². The molecule has 2 aromatic rings. The van der Waals surface area contributed by atoms with Crippen LogP contribution in [0.15, 0.2) is 22.8 Å². The van der Waals surface area contributed by atoms with Crippen molar-refractivity contribution in [1.82, 2.24) is 4.98 Å². The zero-order valence-electron chi connectivity index (χ0n) is 8.69. The predicted molar refractivity (Wildman–Crippen MR) is 64.1 cm³/mol. The molecule has 0 fully saturated rings. The molecule has 1 aromatic heterocycles. The van der Waals surface area contributed by atoms with E-state index in [1.54, 1.807) is 6.20 Å². The number of nitrogens with one attached hydrogen (secondary N) is 1. The number of aromatic nitrogens is 1. The Hall–Kier alpha value is 1.28. The summed E-state index contributed by atoms with van der Waals surface area (Å²) in [5.74, 6) is 0. The summed E-state index contributed by atoms with van der Waals surface area (Å²) in [6.07, 6.45) is 1.75. The summed E-state index contributed by atoms with van der Waals surface area (Å²) in [6, 6.07) is 6.88. The van der Waals surface area contributed by atoms with Gasteiger partial charge in [0, 0.05) is 0 Å². The Kier molecular flexibility index (Phi) is 8.35. The molecule has 88 valence electrons. The number of rotatable bonds is 0. The second-order valence-electron chi connectivity index (χ2n) is 2.73. The van der Waals surface area contributed by atoms with Gasteiger partial charge in [0.1, 0.15) is 0 Å². The van der Waals surface area contributed by atoms with E-state index < -0.39 is 7.82 Å². The first-order valence-corrected chi connectivity index (χ1v) is 6.63. The molecule has 0 unspecified atom stereocenters. The van der Waals surface area contributed by atoms with Gasteiger partial charge in [0.25, 0.3) is 0 Å². The van der Waals surface area contributed by atoms with Crippen molar-refractivity contribution < 1.29 is 70.6 Å². The Balaban J connectivity index is 0.000000373. The van der Waals surface area contributed by atoms with E-state index in [9.17, 15) is 0 Å². The molecular weight excluding hydrogens is 360 g/mol. The van der Waals surface area contributed by atoms with E-state index in [2.05, 4.69) is 27.0 Å². The van der Waals surface area contributed by atoms with Crippen LogP contribution in [-0.2, 0) is 4.57 Å². The van der Waals surface area contributed by atoms with Crippen molar-refractivity contribution in [3.05, 3.63) is 33.9 Å². The molecule has 0 bridgehead atoms. The summed E-state index contributed by atoms with van der Waals surface area (Å²) in [5.41, 5.74) is 1.01.